The summed E-state index contributed by atoms with van der Waals surface area (Å²) in [4.78, 5) is 19.1. The predicted molar refractivity (Wildman–Crippen MR) is 102 cm³/mol. The topological polar surface area (TPSA) is 115 Å². The average Bonchev–Trinajstić information content (AvgIpc) is 3.08. The molecule has 7 nitrogen and oxygen atoms in total. The molecule has 3 rings (SSSR count). The van der Waals surface area contributed by atoms with Crippen LogP contribution in [0.1, 0.15) is 23.7 Å². The van der Waals surface area contributed by atoms with E-state index in [0.717, 1.165) is 18.7 Å². The monoisotopic (exact) mass is 372 g/mol. The van der Waals surface area contributed by atoms with E-state index < -0.39 is 11.9 Å². The number of ether oxygens (including phenoxy) is 1. The van der Waals surface area contributed by atoms with Gasteiger partial charge in [0.15, 0.2) is 0 Å². The Hall–Kier alpha value is -3.06. The molecule has 4 N–H and O–H groups in total. The Bertz CT molecular complexity index is 865. The first-order valence-electron chi connectivity index (χ1n) is 8.48. The largest absolute Gasteiger partial charge is 0.497 e. The first kappa shape index (κ1) is 20.3. The van der Waals surface area contributed by atoms with Crippen molar-refractivity contribution >= 4 is 11.9 Å². The normalized spacial score (nSPS) is 12.7. The number of carboxylic acids is 2. The molecule has 2 aromatic rings. The van der Waals surface area contributed by atoms with Crippen LogP contribution in [0.25, 0.3) is 11.3 Å². The molecule has 0 aliphatic heterocycles. The van der Waals surface area contributed by atoms with Gasteiger partial charge in [0.1, 0.15) is 5.75 Å². The van der Waals surface area contributed by atoms with Crippen LogP contribution in [0, 0.1) is 6.92 Å². The highest BCUT2D eigenvalue weighted by molar-refractivity contribution is 5.89. The first-order valence-corrected chi connectivity index (χ1v) is 8.48. The van der Waals surface area contributed by atoms with Gasteiger partial charge >= 0.3 is 11.9 Å². The third-order valence-corrected chi connectivity index (χ3v) is 4.17. The zero-order chi connectivity index (χ0) is 20.1. The molecule has 0 saturated heterocycles. The number of benzene rings is 1. The number of hydrogen-bond acceptors (Lipinski definition) is 4. The highest BCUT2D eigenvalue weighted by Crippen LogP contribution is 2.40. The number of nitrogens with two attached hydrogens (primary N) is 1. The van der Waals surface area contributed by atoms with Gasteiger partial charge < -0.3 is 25.3 Å². The molecular formula is C20H24N2O5. The number of hydrogen-bond donors (Lipinski definition) is 3. The number of aryl methyl sites for hydroxylation is 1. The van der Waals surface area contributed by atoms with Crippen LogP contribution >= 0.6 is 0 Å². The molecule has 0 spiro atoms. The van der Waals surface area contributed by atoms with Gasteiger partial charge in [0.25, 0.3) is 0 Å². The molecule has 1 aromatic carbocycles. The maximum atomic E-state index is 9.55. The molecule has 1 aromatic heterocycles. The quantitative estimate of drug-likeness (QED) is 0.593. The van der Waals surface area contributed by atoms with Gasteiger partial charge in [-0.3, -0.25) is 0 Å². The zero-order valence-corrected chi connectivity index (χ0v) is 15.6. The van der Waals surface area contributed by atoms with Crippen molar-refractivity contribution in [2.75, 3.05) is 7.11 Å². The minimum Gasteiger partial charge on any atom is -0.497 e. The van der Waals surface area contributed by atoms with E-state index in [1.807, 2.05) is 6.07 Å². The van der Waals surface area contributed by atoms with Gasteiger partial charge in [0, 0.05) is 42.4 Å². The van der Waals surface area contributed by atoms with E-state index >= 15 is 0 Å². The fraction of sp³-hybridized carbons (Fsp3) is 0.300. The van der Waals surface area contributed by atoms with Crippen LogP contribution in [-0.2, 0) is 22.6 Å². The smallest absolute Gasteiger partial charge is 0.328 e. The predicted octanol–water partition coefficient (Wildman–Crippen LogP) is 2.44. The number of fused-ring (bicyclic) bond motifs is 3. The van der Waals surface area contributed by atoms with Crippen molar-refractivity contribution in [1.82, 2.24) is 4.57 Å². The third-order valence-electron chi connectivity index (χ3n) is 4.17. The minimum absolute atomic E-state index is 0.164. The molecule has 0 bridgehead atoms. The van der Waals surface area contributed by atoms with Crippen LogP contribution in [0.2, 0.25) is 0 Å². The molecule has 0 radical (unpaired) electrons. The average molecular weight is 372 g/mol. The molecule has 0 fully saturated rings. The summed E-state index contributed by atoms with van der Waals surface area (Å²) in [5, 5.41) is 15.6. The van der Waals surface area contributed by atoms with Crippen molar-refractivity contribution < 1.29 is 24.5 Å². The van der Waals surface area contributed by atoms with Crippen molar-refractivity contribution in [2.45, 2.75) is 32.9 Å². The van der Waals surface area contributed by atoms with Gasteiger partial charge in [-0.1, -0.05) is 0 Å². The molecule has 0 amide bonds. The van der Waals surface area contributed by atoms with Crippen molar-refractivity contribution in [1.29, 1.82) is 0 Å². The summed E-state index contributed by atoms with van der Waals surface area (Å²) in [5.41, 5.74) is 12.7. The maximum absolute atomic E-state index is 9.55. The highest BCUT2D eigenvalue weighted by atomic mass is 16.5. The fourth-order valence-corrected chi connectivity index (χ4v) is 3.15. The Morgan fingerprint density at radius 2 is 1.85 bits per heavy atom. The summed E-state index contributed by atoms with van der Waals surface area (Å²) in [6.45, 7) is 5.08. The number of aromatic nitrogens is 1. The van der Waals surface area contributed by atoms with E-state index in [0.29, 0.717) is 12.2 Å². The second-order valence-corrected chi connectivity index (χ2v) is 6.46. The van der Waals surface area contributed by atoms with Gasteiger partial charge in [-0.05, 0) is 49.2 Å². The summed E-state index contributed by atoms with van der Waals surface area (Å²) in [5.74, 6) is -1.58. The summed E-state index contributed by atoms with van der Waals surface area (Å²) in [6, 6.07) is 8.78. The third kappa shape index (κ3) is 4.98. The number of rotatable bonds is 5. The number of nitrogens with zero attached hydrogens (tertiary/aromatic N) is 1. The Morgan fingerprint density at radius 1 is 1.22 bits per heavy atom. The lowest BCUT2D eigenvalue weighted by molar-refractivity contribution is -0.134. The van der Waals surface area contributed by atoms with Crippen LogP contribution in [0.4, 0.5) is 0 Å². The minimum atomic E-state index is -1.26. The van der Waals surface area contributed by atoms with Crippen molar-refractivity contribution in [3.63, 3.8) is 0 Å². The van der Waals surface area contributed by atoms with Crippen LogP contribution in [0.15, 0.2) is 36.4 Å². The molecule has 1 aliphatic rings. The van der Waals surface area contributed by atoms with Crippen LogP contribution in [-0.4, -0.2) is 39.9 Å². The summed E-state index contributed by atoms with van der Waals surface area (Å²) in [7, 11) is 1.71. The number of carbonyl (C=O) groups is 2. The Kier molecular flexibility index (Phi) is 6.41. The zero-order valence-electron chi connectivity index (χ0n) is 15.6. The van der Waals surface area contributed by atoms with Crippen LogP contribution < -0.4 is 10.5 Å². The molecule has 27 heavy (non-hydrogen) atoms. The van der Waals surface area contributed by atoms with Gasteiger partial charge in [0.2, 0.25) is 0 Å². The molecule has 7 heteroatoms. The van der Waals surface area contributed by atoms with Crippen LogP contribution in [0.5, 0.6) is 5.75 Å². The van der Waals surface area contributed by atoms with E-state index in [9.17, 15) is 9.59 Å². The van der Waals surface area contributed by atoms with Gasteiger partial charge in [-0.2, -0.15) is 0 Å². The van der Waals surface area contributed by atoms with E-state index in [-0.39, 0.29) is 6.04 Å². The van der Waals surface area contributed by atoms with Crippen molar-refractivity contribution in [3.05, 3.63) is 53.2 Å². The molecule has 144 valence electrons. The van der Waals surface area contributed by atoms with E-state index in [2.05, 4.69) is 36.6 Å². The molecular weight excluding hydrogens is 348 g/mol. The number of aliphatic carboxylic acids is 2. The summed E-state index contributed by atoms with van der Waals surface area (Å²) < 4.78 is 7.65. The molecule has 0 saturated carbocycles. The lowest BCUT2D eigenvalue weighted by Crippen LogP contribution is -2.23. The standard InChI is InChI=1S/C16H20N2O.C4H4O4/c1-10(17)9-18-11(2)6-13-7-12-8-14(19-3)4-5-15(12)16(13)18;5-3(6)1-2-4(7)8/h4-6,8,10H,7,9,17H2,1-3H3;1-2H,(H,5,6)(H,7,8)/t10-;/m0./s1. The molecule has 1 aliphatic carbocycles. The lowest BCUT2D eigenvalue weighted by Gasteiger charge is -2.14. The van der Waals surface area contributed by atoms with E-state index in [1.165, 1.54) is 28.1 Å². The second-order valence-electron chi connectivity index (χ2n) is 6.46. The number of methoxy groups -OCH3 is 1. The number of carboxylic acid groups (broad SMARTS) is 2. The van der Waals surface area contributed by atoms with Crippen LogP contribution in [0.3, 0.4) is 0 Å². The molecule has 1 atom stereocenters. The van der Waals surface area contributed by atoms with E-state index in [1.54, 1.807) is 7.11 Å². The SMILES string of the molecule is COc1ccc2c(c1)Cc1cc(C)n(C[C@H](C)N)c1-2.O=C(O)C=CC(=O)O. The Morgan fingerprint density at radius 3 is 2.37 bits per heavy atom. The first-order chi connectivity index (χ1) is 12.7. The summed E-state index contributed by atoms with van der Waals surface area (Å²) >= 11 is 0. The maximum Gasteiger partial charge on any atom is 0.328 e. The second kappa shape index (κ2) is 8.55. The van der Waals surface area contributed by atoms with Gasteiger partial charge in [0.05, 0.1) is 12.8 Å². The Balaban J connectivity index is 0.000000279. The molecule has 0 unspecified atom stereocenters. The highest BCUT2D eigenvalue weighted by Gasteiger charge is 2.24. The van der Waals surface area contributed by atoms with Gasteiger partial charge in [-0.15, -0.1) is 0 Å². The van der Waals surface area contributed by atoms with Gasteiger partial charge in [-0.25, -0.2) is 9.59 Å². The van der Waals surface area contributed by atoms with Crippen molar-refractivity contribution in [2.24, 2.45) is 5.73 Å². The fourth-order valence-electron chi connectivity index (χ4n) is 3.15. The van der Waals surface area contributed by atoms with Crippen molar-refractivity contribution in [3.8, 4) is 17.0 Å². The molecule has 1 heterocycles. The van der Waals surface area contributed by atoms with E-state index in [4.69, 9.17) is 20.7 Å². The lowest BCUT2D eigenvalue weighted by atomic mass is 10.1. The Labute approximate surface area is 157 Å². The summed E-state index contributed by atoms with van der Waals surface area (Å²) in [6.07, 6.45) is 2.11.